The minimum absolute atomic E-state index is 0.275. The van der Waals surface area contributed by atoms with Gasteiger partial charge < -0.3 is 10.1 Å². The number of esters is 1. The van der Waals surface area contributed by atoms with Crippen molar-refractivity contribution in [3.63, 3.8) is 0 Å². The van der Waals surface area contributed by atoms with Gasteiger partial charge in [-0.15, -0.1) is 0 Å². The van der Waals surface area contributed by atoms with Gasteiger partial charge in [-0.05, 0) is 24.3 Å². The van der Waals surface area contributed by atoms with Crippen LogP contribution in [0.5, 0.6) is 5.75 Å². The van der Waals surface area contributed by atoms with Crippen molar-refractivity contribution in [1.29, 1.82) is 0 Å². The lowest BCUT2D eigenvalue weighted by Gasteiger charge is -2.23. The number of fused-ring (bicyclic) bond motifs is 4. The smallest absolute Gasteiger partial charge is 0.308 e. The Morgan fingerprint density at radius 2 is 1.87 bits per heavy atom. The first-order valence-corrected chi connectivity index (χ1v) is 7.92. The van der Waals surface area contributed by atoms with Gasteiger partial charge in [-0.25, -0.2) is 4.39 Å². The summed E-state index contributed by atoms with van der Waals surface area (Å²) in [6.45, 7) is 1.38. The third-order valence-electron chi connectivity index (χ3n) is 3.65. The molecule has 3 aromatic rings. The fraction of sp³-hybridized carbons (Fsp3) is 0.0556. The molecule has 5 heteroatoms. The summed E-state index contributed by atoms with van der Waals surface area (Å²) in [7, 11) is 0. The molecule has 0 atom stereocenters. The monoisotopic (exact) mass is 325 g/mol. The third-order valence-corrected chi connectivity index (χ3v) is 4.75. The summed E-state index contributed by atoms with van der Waals surface area (Å²) in [6.07, 6.45) is 0. The Labute approximate surface area is 136 Å². The second kappa shape index (κ2) is 5.28. The predicted molar refractivity (Wildman–Crippen MR) is 89.1 cm³/mol. The lowest BCUT2D eigenvalue weighted by molar-refractivity contribution is -0.131. The Hall–Kier alpha value is -2.53. The van der Waals surface area contributed by atoms with Crippen LogP contribution in [0.3, 0.4) is 0 Å². The summed E-state index contributed by atoms with van der Waals surface area (Å²) in [5, 5.41) is 5.19. The molecule has 0 spiro atoms. The van der Waals surface area contributed by atoms with E-state index >= 15 is 0 Å². The van der Waals surface area contributed by atoms with Crippen molar-refractivity contribution < 1.29 is 13.9 Å². The quantitative estimate of drug-likeness (QED) is 0.390. The Morgan fingerprint density at radius 1 is 1.09 bits per heavy atom. The van der Waals surface area contributed by atoms with E-state index in [1.165, 1.54) is 30.8 Å². The van der Waals surface area contributed by atoms with Gasteiger partial charge in [0.25, 0.3) is 0 Å². The highest BCUT2D eigenvalue weighted by Gasteiger charge is 2.21. The van der Waals surface area contributed by atoms with Crippen molar-refractivity contribution >= 4 is 39.9 Å². The minimum Gasteiger partial charge on any atom is -0.426 e. The zero-order chi connectivity index (χ0) is 16.0. The van der Waals surface area contributed by atoms with Gasteiger partial charge in [-0.3, -0.25) is 4.79 Å². The maximum atomic E-state index is 13.5. The highest BCUT2D eigenvalue weighted by atomic mass is 32.2. The standard InChI is InChI=1S/C18H12FNO2S/c1-10(21)22-15-9-17-18(13-5-3-2-4-12(13)15)20-14-7-6-11(19)8-16(14)23-17/h2-9,20H,1H3. The first-order chi connectivity index (χ1) is 11.1. The Bertz CT molecular complexity index is 955. The molecule has 0 bridgehead atoms. The Kier molecular flexibility index (Phi) is 3.23. The first kappa shape index (κ1) is 14.1. The average molecular weight is 325 g/mol. The molecule has 1 aliphatic rings. The SMILES string of the molecule is CC(=O)Oc1cc2c(c3ccccc13)Nc1ccc(F)cc1S2. The van der Waals surface area contributed by atoms with Crippen molar-refractivity contribution in [1.82, 2.24) is 0 Å². The zero-order valence-electron chi connectivity index (χ0n) is 12.2. The fourth-order valence-electron chi connectivity index (χ4n) is 2.70. The predicted octanol–water partition coefficient (Wildman–Crippen LogP) is 5.11. The van der Waals surface area contributed by atoms with Crippen LogP contribution in [0.25, 0.3) is 10.8 Å². The molecular weight excluding hydrogens is 313 g/mol. The van der Waals surface area contributed by atoms with Gasteiger partial charge in [0.05, 0.1) is 11.4 Å². The molecule has 0 saturated heterocycles. The third kappa shape index (κ3) is 2.43. The largest absolute Gasteiger partial charge is 0.426 e. The Balaban J connectivity index is 1.93. The lowest BCUT2D eigenvalue weighted by atomic mass is 10.1. The van der Waals surface area contributed by atoms with Crippen LogP contribution in [-0.2, 0) is 4.79 Å². The van der Waals surface area contributed by atoms with E-state index in [0.29, 0.717) is 5.75 Å². The van der Waals surface area contributed by atoms with Crippen molar-refractivity contribution in [3.05, 3.63) is 54.3 Å². The van der Waals surface area contributed by atoms with Gasteiger partial charge in [-0.2, -0.15) is 0 Å². The van der Waals surface area contributed by atoms with Crippen LogP contribution in [0, 0.1) is 5.82 Å². The molecule has 3 nitrogen and oxygen atoms in total. The van der Waals surface area contributed by atoms with Gasteiger partial charge in [0, 0.05) is 27.5 Å². The second-order valence-corrected chi connectivity index (χ2v) is 6.34. The van der Waals surface area contributed by atoms with Crippen molar-refractivity contribution in [3.8, 4) is 5.75 Å². The summed E-state index contributed by atoms with van der Waals surface area (Å²) in [5.74, 6) is -0.126. The molecule has 0 amide bonds. The molecule has 1 aliphatic heterocycles. The molecule has 4 rings (SSSR count). The van der Waals surface area contributed by atoms with E-state index in [1.54, 1.807) is 6.07 Å². The highest BCUT2D eigenvalue weighted by molar-refractivity contribution is 7.99. The normalized spacial score (nSPS) is 12.3. The molecule has 1 N–H and O–H groups in total. The summed E-state index contributed by atoms with van der Waals surface area (Å²) >= 11 is 1.46. The number of nitrogens with one attached hydrogen (secondary N) is 1. The van der Waals surface area contributed by atoms with Crippen LogP contribution in [0.1, 0.15) is 6.92 Å². The molecule has 0 fully saturated rings. The molecule has 23 heavy (non-hydrogen) atoms. The molecule has 0 unspecified atom stereocenters. The van der Waals surface area contributed by atoms with E-state index in [9.17, 15) is 9.18 Å². The number of ether oxygens (including phenoxy) is 1. The van der Waals surface area contributed by atoms with E-state index in [4.69, 9.17) is 4.74 Å². The molecular formula is C18H12FNO2S. The summed E-state index contributed by atoms with van der Waals surface area (Å²) in [6, 6.07) is 14.2. The number of hydrogen-bond donors (Lipinski definition) is 1. The van der Waals surface area contributed by atoms with Crippen LogP contribution < -0.4 is 10.1 Å². The molecule has 0 saturated carbocycles. The molecule has 0 radical (unpaired) electrons. The van der Waals surface area contributed by atoms with Gasteiger partial charge >= 0.3 is 5.97 Å². The van der Waals surface area contributed by atoms with Gasteiger partial charge in [0.2, 0.25) is 0 Å². The Morgan fingerprint density at radius 3 is 2.65 bits per heavy atom. The average Bonchev–Trinajstić information content (AvgIpc) is 2.53. The van der Waals surface area contributed by atoms with Crippen LogP contribution >= 0.6 is 11.8 Å². The van der Waals surface area contributed by atoms with Crippen LogP contribution in [0.15, 0.2) is 58.3 Å². The van der Waals surface area contributed by atoms with Crippen LogP contribution in [-0.4, -0.2) is 5.97 Å². The van der Waals surface area contributed by atoms with Crippen molar-refractivity contribution in [2.45, 2.75) is 16.7 Å². The molecule has 1 heterocycles. The number of benzene rings is 3. The molecule has 0 aliphatic carbocycles. The van der Waals surface area contributed by atoms with Gasteiger partial charge in [0.1, 0.15) is 11.6 Å². The molecule has 0 aromatic heterocycles. The number of rotatable bonds is 1. The number of hydrogen-bond acceptors (Lipinski definition) is 4. The summed E-state index contributed by atoms with van der Waals surface area (Å²) in [5.41, 5.74) is 1.81. The van der Waals surface area contributed by atoms with Crippen LogP contribution in [0.4, 0.5) is 15.8 Å². The first-order valence-electron chi connectivity index (χ1n) is 7.10. The molecule has 114 valence electrons. The van der Waals surface area contributed by atoms with E-state index < -0.39 is 0 Å². The second-order valence-electron chi connectivity index (χ2n) is 5.25. The fourth-order valence-corrected chi connectivity index (χ4v) is 3.77. The minimum atomic E-state index is -0.365. The van der Waals surface area contributed by atoms with Gasteiger partial charge in [-0.1, -0.05) is 36.0 Å². The number of anilines is 2. The van der Waals surface area contributed by atoms with Crippen molar-refractivity contribution in [2.75, 3.05) is 5.32 Å². The van der Waals surface area contributed by atoms with Gasteiger partial charge in [0.15, 0.2) is 0 Å². The summed E-state index contributed by atoms with van der Waals surface area (Å²) in [4.78, 5) is 13.1. The number of carbonyl (C=O) groups is 1. The number of halogens is 1. The van der Waals surface area contributed by atoms with E-state index in [1.807, 2.05) is 30.3 Å². The van der Waals surface area contributed by atoms with E-state index in [0.717, 1.165) is 31.9 Å². The highest BCUT2D eigenvalue weighted by Crippen LogP contribution is 2.49. The lowest BCUT2D eigenvalue weighted by Crippen LogP contribution is -2.05. The zero-order valence-corrected chi connectivity index (χ0v) is 13.0. The van der Waals surface area contributed by atoms with Crippen molar-refractivity contribution in [2.24, 2.45) is 0 Å². The van der Waals surface area contributed by atoms with E-state index in [-0.39, 0.29) is 11.8 Å². The van der Waals surface area contributed by atoms with Crippen LogP contribution in [0.2, 0.25) is 0 Å². The topological polar surface area (TPSA) is 38.3 Å². The maximum absolute atomic E-state index is 13.5. The summed E-state index contributed by atoms with van der Waals surface area (Å²) < 4.78 is 18.8. The maximum Gasteiger partial charge on any atom is 0.308 e. The van der Waals surface area contributed by atoms with E-state index in [2.05, 4.69) is 5.32 Å². The number of carbonyl (C=O) groups excluding carboxylic acids is 1. The molecule has 3 aromatic carbocycles.